The Labute approximate surface area is 145 Å². The van der Waals surface area contributed by atoms with E-state index in [9.17, 15) is 4.79 Å². The van der Waals surface area contributed by atoms with Crippen molar-refractivity contribution >= 4 is 11.7 Å². The van der Waals surface area contributed by atoms with Crippen LogP contribution in [0.2, 0.25) is 0 Å². The molecule has 0 aliphatic carbocycles. The van der Waals surface area contributed by atoms with Gasteiger partial charge in [0.25, 0.3) is 5.91 Å². The number of hydrogen-bond acceptors (Lipinski definition) is 5. The summed E-state index contributed by atoms with van der Waals surface area (Å²) in [6.07, 6.45) is 3.82. The third-order valence-corrected chi connectivity index (χ3v) is 3.97. The van der Waals surface area contributed by atoms with Crippen molar-refractivity contribution in [2.45, 2.75) is 13.8 Å². The van der Waals surface area contributed by atoms with Gasteiger partial charge in [0.15, 0.2) is 5.82 Å². The first-order chi connectivity index (χ1) is 12.1. The normalized spacial score (nSPS) is 10.7. The third kappa shape index (κ3) is 3.68. The van der Waals surface area contributed by atoms with E-state index in [0.717, 1.165) is 17.2 Å². The van der Waals surface area contributed by atoms with Gasteiger partial charge < -0.3 is 15.2 Å². The quantitative estimate of drug-likeness (QED) is 0.664. The summed E-state index contributed by atoms with van der Waals surface area (Å²) in [5.41, 5.74) is 2.23. The highest BCUT2D eigenvalue weighted by Crippen LogP contribution is 2.11. The number of nitrogens with zero attached hydrogens (tertiary/aromatic N) is 5. The van der Waals surface area contributed by atoms with Gasteiger partial charge in [0.2, 0.25) is 0 Å². The van der Waals surface area contributed by atoms with Gasteiger partial charge in [-0.3, -0.25) is 9.48 Å². The summed E-state index contributed by atoms with van der Waals surface area (Å²) in [5.74, 6) is 1.31. The lowest BCUT2D eigenvalue weighted by molar-refractivity contribution is 0.0954. The zero-order chi connectivity index (χ0) is 17.8. The predicted octanol–water partition coefficient (Wildman–Crippen LogP) is 1.46. The number of rotatable bonds is 6. The van der Waals surface area contributed by atoms with Crippen LogP contribution in [-0.2, 0) is 7.05 Å². The van der Waals surface area contributed by atoms with Crippen molar-refractivity contribution in [3.05, 3.63) is 53.6 Å². The average molecular weight is 339 g/mol. The first-order valence-corrected chi connectivity index (χ1v) is 8.05. The molecule has 0 saturated heterocycles. The summed E-state index contributed by atoms with van der Waals surface area (Å²) in [6, 6.07) is 7.61. The van der Waals surface area contributed by atoms with E-state index >= 15 is 0 Å². The van der Waals surface area contributed by atoms with Gasteiger partial charge in [-0.2, -0.15) is 5.10 Å². The van der Waals surface area contributed by atoms with E-state index < -0.39 is 0 Å². The Morgan fingerprint density at radius 3 is 2.48 bits per heavy atom. The molecule has 130 valence electrons. The summed E-state index contributed by atoms with van der Waals surface area (Å²) < 4.78 is 3.60. The molecule has 3 rings (SSSR count). The lowest BCUT2D eigenvalue weighted by Crippen LogP contribution is -2.29. The molecule has 3 aromatic heterocycles. The molecule has 0 saturated carbocycles. The molecule has 0 bridgehead atoms. The van der Waals surface area contributed by atoms with Gasteiger partial charge >= 0.3 is 0 Å². The van der Waals surface area contributed by atoms with Crippen molar-refractivity contribution in [2.75, 3.05) is 18.4 Å². The maximum absolute atomic E-state index is 12.3. The molecule has 0 atom stereocenters. The van der Waals surface area contributed by atoms with Crippen LogP contribution in [0, 0.1) is 13.8 Å². The third-order valence-electron chi connectivity index (χ3n) is 3.97. The molecule has 0 aromatic carbocycles. The number of nitrogens with one attached hydrogen (secondary N) is 2. The minimum Gasteiger partial charge on any atom is -0.367 e. The maximum Gasteiger partial charge on any atom is 0.255 e. The standard InChI is InChI=1S/C17H21N7O/c1-12-16(13(2)23(3)22-12)17(25)19-9-8-18-14-6-7-15(21-20-14)24-10-4-5-11-24/h4-7,10-11H,8-9H2,1-3H3,(H,18,20)(H,19,25). The molecule has 0 unspecified atom stereocenters. The van der Waals surface area contributed by atoms with Crippen LogP contribution in [-0.4, -0.2) is 43.5 Å². The van der Waals surface area contributed by atoms with E-state index in [-0.39, 0.29) is 5.91 Å². The molecule has 0 fully saturated rings. The van der Waals surface area contributed by atoms with E-state index in [4.69, 9.17) is 0 Å². The second-order valence-corrected chi connectivity index (χ2v) is 5.72. The van der Waals surface area contributed by atoms with E-state index in [2.05, 4.69) is 25.9 Å². The highest BCUT2D eigenvalue weighted by Gasteiger charge is 2.16. The van der Waals surface area contributed by atoms with Crippen LogP contribution in [0.15, 0.2) is 36.7 Å². The van der Waals surface area contributed by atoms with Crippen molar-refractivity contribution in [3.63, 3.8) is 0 Å². The Bertz CT molecular complexity index is 850. The van der Waals surface area contributed by atoms with Crippen LogP contribution in [0.4, 0.5) is 5.82 Å². The minimum absolute atomic E-state index is 0.112. The highest BCUT2D eigenvalue weighted by atomic mass is 16.1. The van der Waals surface area contributed by atoms with Gasteiger partial charge in [-0.1, -0.05) is 0 Å². The molecule has 2 N–H and O–H groups in total. The zero-order valence-electron chi connectivity index (χ0n) is 14.5. The second kappa shape index (κ2) is 7.16. The Balaban J connectivity index is 1.49. The number of aryl methyl sites for hydroxylation is 2. The molecule has 0 spiro atoms. The molecule has 8 heteroatoms. The summed E-state index contributed by atoms with van der Waals surface area (Å²) in [4.78, 5) is 12.3. The van der Waals surface area contributed by atoms with Gasteiger partial charge in [0.05, 0.1) is 11.3 Å². The molecular formula is C17H21N7O. The molecule has 0 radical (unpaired) electrons. The van der Waals surface area contributed by atoms with Crippen LogP contribution in [0.25, 0.3) is 5.82 Å². The summed E-state index contributed by atoms with van der Waals surface area (Å²) in [7, 11) is 1.83. The molecule has 8 nitrogen and oxygen atoms in total. The minimum atomic E-state index is -0.112. The molecule has 3 heterocycles. The molecular weight excluding hydrogens is 318 g/mol. The first kappa shape index (κ1) is 16.7. The van der Waals surface area contributed by atoms with Crippen molar-refractivity contribution in [2.24, 2.45) is 7.05 Å². The smallest absolute Gasteiger partial charge is 0.255 e. The van der Waals surface area contributed by atoms with Crippen LogP contribution in [0.3, 0.4) is 0 Å². The molecule has 3 aromatic rings. The van der Waals surface area contributed by atoms with Crippen molar-refractivity contribution < 1.29 is 4.79 Å². The monoisotopic (exact) mass is 339 g/mol. The first-order valence-electron chi connectivity index (χ1n) is 8.05. The van der Waals surface area contributed by atoms with Gasteiger partial charge in [-0.05, 0) is 38.1 Å². The fourth-order valence-corrected chi connectivity index (χ4v) is 2.60. The zero-order valence-corrected chi connectivity index (χ0v) is 14.5. The molecule has 0 aliphatic heterocycles. The molecule has 1 amide bonds. The number of hydrogen-bond donors (Lipinski definition) is 2. The summed E-state index contributed by atoms with van der Waals surface area (Å²) in [5, 5.41) is 18.6. The lowest BCUT2D eigenvalue weighted by Gasteiger charge is -2.08. The van der Waals surface area contributed by atoms with Crippen LogP contribution in [0.5, 0.6) is 0 Å². The van der Waals surface area contributed by atoms with E-state index in [1.807, 2.05) is 62.1 Å². The van der Waals surface area contributed by atoms with E-state index in [1.54, 1.807) is 4.68 Å². The summed E-state index contributed by atoms with van der Waals surface area (Å²) in [6.45, 7) is 4.76. The predicted molar refractivity (Wildman–Crippen MR) is 94.9 cm³/mol. The Morgan fingerprint density at radius 2 is 1.88 bits per heavy atom. The molecule has 0 aliphatic rings. The topological polar surface area (TPSA) is 89.7 Å². The Morgan fingerprint density at radius 1 is 1.12 bits per heavy atom. The van der Waals surface area contributed by atoms with Crippen molar-refractivity contribution in [1.29, 1.82) is 0 Å². The summed E-state index contributed by atoms with van der Waals surface area (Å²) >= 11 is 0. The second-order valence-electron chi connectivity index (χ2n) is 5.72. The number of carbonyl (C=O) groups excluding carboxylic acids is 1. The fraction of sp³-hybridized carbons (Fsp3) is 0.294. The Hall–Kier alpha value is -3.16. The number of carbonyl (C=O) groups is 1. The van der Waals surface area contributed by atoms with Crippen molar-refractivity contribution in [3.8, 4) is 5.82 Å². The van der Waals surface area contributed by atoms with Crippen LogP contribution >= 0.6 is 0 Å². The van der Waals surface area contributed by atoms with Crippen LogP contribution < -0.4 is 10.6 Å². The van der Waals surface area contributed by atoms with E-state index in [1.165, 1.54) is 0 Å². The number of aromatic nitrogens is 5. The lowest BCUT2D eigenvalue weighted by atomic mass is 10.2. The number of amides is 1. The fourth-order valence-electron chi connectivity index (χ4n) is 2.60. The van der Waals surface area contributed by atoms with Gasteiger partial charge in [-0.25, -0.2) is 0 Å². The SMILES string of the molecule is Cc1nn(C)c(C)c1C(=O)NCCNc1ccc(-n2cccc2)nn1. The van der Waals surface area contributed by atoms with Crippen molar-refractivity contribution in [1.82, 2.24) is 29.9 Å². The molecule has 25 heavy (non-hydrogen) atoms. The van der Waals surface area contributed by atoms with Gasteiger partial charge in [0, 0.05) is 38.2 Å². The average Bonchev–Trinajstić information content (AvgIpc) is 3.21. The maximum atomic E-state index is 12.3. The van der Waals surface area contributed by atoms with Crippen LogP contribution in [0.1, 0.15) is 21.7 Å². The van der Waals surface area contributed by atoms with Gasteiger partial charge in [-0.15, -0.1) is 10.2 Å². The number of anilines is 1. The van der Waals surface area contributed by atoms with Gasteiger partial charge in [0.1, 0.15) is 5.82 Å². The van der Waals surface area contributed by atoms with E-state index in [0.29, 0.717) is 24.5 Å². The largest absolute Gasteiger partial charge is 0.367 e. The highest BCUT2D eigenvalue weighted by molar-refractivity contribution is 5.96. The Kier molecular flexibility index (Phi) is 4.78.